The summed E-state index contributed by atoms with van der Waals surface area (Å²) in [7, 11) is 0. The highest BCUT2D eigenvalue weighted by Gasteiger charge is 2.09. The summed E-state index contributed by atoms with van der Waals surface area (Å²) in [5, 5.41) is 0.646. The van der Waals surface area contributed by atoms with Crippen molar-refractivity contribution in [2.45, 2.75) is 6.42 Å². The number of H-pyrrole nitrogens is 2. The lowest BCUT2D eigenvalue weighted by atomic mass is 10.0. The van der Waals surface area contributed by atoms with E-state index in [9.17, 15) is 9.59 Å². The summed E-state index contributed by atoms with van der Waals surface area (Å²) >= 11 is 5.81. The average molecular weight is 287 g/mol. The first-order valence-corrected chi connectivity index (χ1v) is 6.49. The van der Waals surface area contributed by atoms with Gasteiger partial charge in [-0.05, 0) is 35.9 Å². The van der Waals surface area contributed by atoms with Gasteiger partial charge in [0.15, 0.2) is 5.78 Å². The lowest BCUT2D eigenvalue weighted by Gasteiger charge is -2.02. The molecule has 0 bridgehead atoms. The number of aromatic amines is 2. The minimum absolute atomic E-state index is 0.00345. The van der Waals surface area contributed by atoms with Gasteiger partial charge in [-0.2, -0.15) is 0 Å². The highest BCUT2D eigenvalue weighted by Crippen LogP contribution is 2.15. The first kappa shape index (κ1) is 12.7. The molecule has 0 saturated heterocycles. The third-order valence-corrected chi connectivity index (χ3v) is 3.37. The van der Waals surface area contributed by atoms with Crippen LogP contribution in [0.5, 0.6) is 0 Å². The standard InChI is InChI=1S/C15H11ClN2O2/c16-11-4-1-9(2-5-11)7-14(19)10-3-6-12-13(8-10)18-15(20)17-12/h1-6,8H,7H2,(H2,17,18,20). The number of carbonyl (C=O) groups is 1. The van der Waals surface area contributed by atoms with Crippen molar-refractivity contribution in [3.63, 3.8) is 0 Å². The normalized spacial score (nSPS) is 10.8. The fourth-order valence-corrected chi connectivity index (χ4v) is 2.22. The summed E-state index contributed by atoms with van der Waals surface area (Å²) in [5.74, 6) is -0.00345. The van der Waals surface area contributed by atoms with Crippen molar-refractivity contribution in [2.24, 2.45) is 0 Å². The van der Waals surface area contributed by atoms with Crippen LogP contribution in [0, 0.1) is 0 Å². The van der Waals surface area contributed by atoms with Gasteiger partial charge in [0.1, 0.15) is 0 Å². The summed E-state index contributed by atoms with van der Waals surface area (Å²) in [5.41, 5.74) is 2.53. The van der Waals surface area contributed by atoms with Gasteiger partial charge in [-0.3, -0.25) is 4.79 Å². The zero-order valence-corrected chi connectivity index (χ0v) is 11.2. The number of ketones is 1. The Balaban J connectivity index is 1.88. The van der Waals surface area contributed by atoms with E-state index in [0.29, 0.717) is 28.0 Å². The van der Waals surface area contributed by atoms with Gasteiger partial charge in [-0.25, -0.2) is 4.79 Å². The van der Waals surface area contributed by atoms with Gasteiger partial charge in [0.05, 0.1) is 11.0 Å². The molecular weight excluding hydrogens is 276 g/mol. The largest absolute Gasteiger partial charge is 0.323 e. The van der Waals surface area contributed by atoms with E-state index in [4.69, 9.17) is 11.6 Å². The molecule has 0 unspecified atom stereocenters. The van der Waals surface area contributed by atoms with Crippen LogP contribution in [0.4, 0.5) is 0 Å². The molecule has 100 valence electrons. The molecule has 4 nitrogen and oxygen atoms in total. The fourth-order valence-electron chi connectivity index (χ4n) is 2.10. The zero-order valence-electron chi connectivity index (χ0n) is 10.4. The Morgan fingerprint density at radius 2 is 1.70 bits per heavy atom. The summed E-state index contributed by atoms with van der Waals surface area (Å²) in [6, 6.07) is 12.3. The molecule has 0 aliphatic rings. The van der Waals surface area contributed by atoms with Crippen molar-refractivity contribution in [2.75, 3.05) is 0 Å². The van der Waals surface area contributed by atoms with Crippen LogP contribution in [0.3, 0.4) is 0 Å². The van der Waals surface area contributed by atoms with Crippen LogP contribution < -0.4 is 5.69 Å². The van der Waals surface area contributed by atoms with Gasteiger partial charge < -0.3 is 9.97 Å². The van der Waals surface area contributed by atoms with E-state index in [1.807, 2.05) is 12.1 Å². The summed E-state index contributed by atoms with van der Waals surface area (Å²) in [4.78, 5) is 28.7. The number of hydrogen-bond acceptors (Lipinski definition) is 2. The average Bonchev–Trinajstić information content (AvgIpc) is 2.80. The van der Waals surface area contributed by atoms with E-state index in [-0.39, 0.29) is 11.5 Å². The van der Waals surface area contributed by atoms with Crippen molar-refractivity contribution >= 4 is 28.4 Å². The molecule has 0 amide bonds. The summed E-state index contributed by atoms with van der Waals surface area (Å²) in [6.45, 7) is 0. The lowest BCUT2D eigenvalue weighted by Crippen LogP contribution is -2.03. The molecule has 3 rings (SSSR count). The first-order valence-electron chi connectivity index (χ1n) is 6.11. The molecule has 1 aromatic heterocycles. The maximum atomic E-state index is 12.2. The lowest BCUT2D eigenvalue weighted by molar-refractivity contribution is 0.0993. The second-order valence-corrected chi connectivity index (χ2v) is 5.00. The predicted octanol–water partition coefficient (Wildman–Crippen LogP) is 2.93. The molecular formula is C15H11ClN2O2. The molecule has 0 spiro atoms. The van der Waals surface area contributed by atoms with E-state index >= 15 is 0 Å². The molecule has 2 aromatic carbocycles. The Morgan fingerprint density at radius 3 is 2.45 bits per heavy atom. The Morgan fingerprint density at radius 1 is 1.00 bits per heavy atom. The van der Waals surface area contributed by atoms with E-state index < -0.39 is 0 Å². The van der Waals surface area contributed by atoms with E-state index in [2.05, 4.69) is 9.97 Å². The van der Waals surface area contributed by atoms with E-state index in [1.54, 1.807) is 30.3 Å². The molecule has 0 fully saturated rings. The van der Waals surface area contributed by atoms with Crippen LogP contribution >= 0.6 is 11.6 Å². The molecule has 0 aliphatic heterocycles. The van der Waals surface area contributed by atoms with Gasteiger partial charge in [-0.1, -0.05) is 23.7 Å². The predicted molar refractivity (Wildman–Crippen MR) is 78.4 cm³/mol. The Kier molecular flexibility index (Phi) is 3.16. The quantitative estimate of drug-likeness (QED) is 0.727. The molecule has 1 heterocycles. The van der Waals surface area contributed by atoms with Crippen LogP contribution in [-0.4, -0.2) is 15.8 Å². The van der Waals surface area contributed by atoms with Crippen molar-refractivity contribution in [1.29, 1.82) is 0 Å². The molecule has 0 saturated carbocycles. The molecule has 0 radical (unpaired) electrons. The van der Waals surface area contributed by atoms with Crippen LogP contribution in [0.15, 0.2) is 47.3 Å². The number of aromatic nitrogens is 2. The number of halogens is 1. The van der Waals surface area contributed by atoms with Crippen LogP contribution in [-0.2, 0) is 6.42 Å². The Hall–Kier alpha value is -2.33. The van der Waals surface area contributed by atoms with Crippen molar-refractivity contribution in [1.82, 2.24) is 9.97 Å². The summed E-state index contributed by atoms with van der Waals surface area (Å²) in [6.07, 6.45) is 0.303. The van der Waals surface area contributed by atoms with Gasteiger partial charge in [0.25, 0.3) is 0 Å². The van der Waals surface area contributed by atoms with Crippen LogP contribution in [0.1, 0.15) is 15.9 Å². The van der Waals surface area contributed by atoms with Gasteiger partial charge >= 0.3 is 5.69 Å². The second-order valence-electron chi connectivity index (χ2n) is 4.57. The minimum atomic E-state index is -0.276. The maximum absolute atomic E-state index is 12.2. The number of Topliss-reactive ketones (excluding diaryl/α,β-unsaturated/α-hetero) is 1. The SMILES string of the molecule is O=C(Cc1ccc(Cl)cc1)c1ccc2[nH]c(=O)[nH]c2c1. The summed E-state index contributed by atoms with van der Waals surface area (Å²) < 4.78 is 0. The topological polar surface area (TPSA) is 65.7 Å². The highest BCUT2D eigenvalue weighted by atomic mass is 35.5. The van der Waals surface area contributed by atoms with Crippen molar-refractivity contribution in [3.05, 3.63) is 69.1 Å². The van der Waals surface area contributed by atoms with Crippen LogP contribution in [0.25, 0.3) is 11.0 Å². The van der Waals surface area contributed by atoms with Gasteiger partial charge in [0, 0.05) is 17.0 Å². The van der Waals surface area contributed by atoms with E-state index in [0.717, 1.165) is 5.56 Å². The smallest absolute Gasteiger partial charge is 0.306 e. The van der Waals surface area contributed by atoms with Crippen molar-refractivity contribution in [3.8, 4) is 0 Å². The highest BCUT2D eigenvalue weighted by molar-refractivity contribution is 6.30. The fraction of sp³-hybridized carbons (Fsp3) is 0.0667. The number of fused-ring (bicyclic) bond motifs is 1. The monoisotopic (exact) mass is 286 g/mol. The molecule has 2 N–H and O–H groups in total. The zero-order chi connectivity index (χ0) is 14.1. The minimum Gasteiger partial charge on any atom is -0.306 e. The number of carbonyl (C=O) groups excluding carboxylic acids is 1. The van der Waals surface area contributed by atoms with Gasteiger partial charge in [-0.15, -0.1) is 0 Å². The maximum Gasteiger partial charge on any atom is 0.323 e. The molecule has 5 heteroatoms. The van der Waals surface area contributed by atoms with Gasteiger partial charge in [0.2, 0.25) is 0 Å². The molecule has 3 aromatic rings. The van der Waals surface area contributed by atoms with E-state index in [1.165, 1.54) is 0 Å². The first-order chi connectivity index (χ1) is 9.61. The molecule has 0 atom stereocenters. The third-order valence-electron chi connectivity index (χ3n) is 3.12. The van der Waals surface area contributed by atoms with Crippen molar-refractivity contribution < 1.29 is 4.79 Å². The van der Waals surface area contributed by atoms with Crippen LogP contribution in [0.2, 0.25) is 5.02 Å². The number of rotatable bonds is 3. The molecule has 0 aliphatic carbocycles. The number of nitrogens with one attached hydrogen (secondary N) is 2. The number of benzene rings is 2. The third kappa shape index (κ3) is 2.51. The second kappa shape index (κ2) is 4.98. The number of hydrogen-bond donors (Lipinski definition) is 2. The molecule has 20 heavy (non-hydrogen) atoms. The number of imidazole rings is 1. The Bertz CT molecular complexity index is 831. The Labute approximate surface area is 119 Å².